The van der Waals surface area contributed by atoms with E-state index in [-0.39, 0.29) is 12.1 Å². The van der Waals surface area contributed by atoms with E-state index in [1.807, 2.05) is 25.8 Å². The van der Waals surface area contributed by atoms with Gasteiger partial charge in [-0.15, -0.1) is 0 Å². The van der Waals surface area contributed by atoms with Crippen molar-refractivity contribution in [1.82, 2.24) is 4.90 Å². The molecule has 0 spiro atoms. The van der Waals surface area contributed by atoms with Crippen molar-refractivity contribution in [2.75, 3.05) is 33.4 Å². The third-order valence-electron chi connectivity index (χ3n) is 2.08. The molecule has 4 nitrogen and oxygen atoms in total. The normalized spacial score (nSPS) is 11.1. The van der Waals surface area contributed by atoms with Gasteiger partial charge in [-0.3, -0.25) is 9.69 Å². The van der Waals surface area contributed by atoms with Crippen LogP contribution in [0.5, 0.6) is 0 Å². The Balaban J connectivity index is 3.46. The van der Waals surface area contributed by atoms with Crippen LogP contribution in [0.2, 0.25) is 0 Å². The van der Waals surface area contributed by atoms with E-state index in [0.29, 0.717) is 19.8 Å². The van der Waals surface area contributed by atoms with Gasteiger partial charge in [0.05, 0.1) is 25.9 Å². The zero-order valence-corrected chi connectivity index (χ0v) is 11.0. The second kappa shape index (κ2) is 9.60. The van der Waals surface area contributed by atoms with E-state index in [1.165, 1.54) is 0 Å². The van der Waals surface area contributed by atoms with E-state index in [0.717, 1.165) is 19.4 Å². The summed E-state index contributed by atoms with van der Waals surface area (Å²) in [6.45, 7) is 8.34. The van der Waals surface area contributed by atoms with E-state index in [9.17, 15) is 4.79 Å². The number of carbonyl (C=O) groups is 1. The monoisotopic (exact) mass is 231 g/mol. The van der Waals surface area contributed by atoms with Crippen molar-refractivity contribution in [3.63, 3.8) is 0 Å². The minimum absolute atomic E-state index is 0.152. The van der Waals surface area contributed by atoms with Crippen LogP contribution in [-0.2, 0) is 14.3 Å². The van der Waals surface area contributed by atoms with Gasteiger partial charge in [0.25, 0.3) is 0 Å². The van der Waals surface area contributed by atoms with Crippen LogP contribution in [0.4, 0.5) is 0 Å². The van der Waals surface area contributed by atoms with Crippen molar-refractivity contribution in [3.8, 4) is 0 Å². The fraction of sp³-hybridized carbons (Fsp3) is 0.917. The van der Waals surface area contributed by atoms with Crippen LogP contribution >= 0.6 is 0 Å². The zero-order chi connectivity index (χ0) is 12.4. The Kier molecular flexibility index (Phi) is 9.24. The molecule has 0 aliphatic heterocycles. The summed E-state index contributed by atoms with van der Waals surface area (Å²) in [7, 11) is 1.89. The molecule has 0 aliphatic carbocycles. The zero-order valence-electron chi connectivity index (χ0n) is 11.0. The lowest BCUT2D eigenvalue weighted by Crippen LogP contribution is -2.31. The van der Waals surface area contributed by atoms with Crippen LogP contribution in [0.3, 0.4) is 0 Å². The average Bonchev–Trinajstić information content (AvgIpc) is 2.17. The largest absolute Gasteiger partial charge is 0.465 e. The molecule has 0 unspecified atom stereocenters. The molecule has 0 aromatic rings. The minimum atomic E-state index is -0.152. The van der Waals surface area contributed by atoms with Crippen LogP contribution in [0, 0.1) is 0 Å². The van der Waals surface area contributed by atoms with Crippen LogP contribution in [-0.4, -0.2) is 50.3 Å². The maximum Gasteiger partial charge on any atom is 0.320 e. The van der Waals surface area contributed by atoms with Gasteiger partial charge in [0, 0.05) is 6.54 Å². The predicted molar refractivity (Wildman–Crippen MR) is 64.5 cm³/mol. The molecular weight excluding hydrogens is 206 g/mol. The lowest BCUT2D eigenvalue weighted by molar-refractivity contribution is -0.144. The van der Waals surface area contributed by atoms with E-state index in [4.69, 9.17) is 9.47 Å². The number of hydrogen-bond donors (Lipinski definition) is 0. The number of likely N-dealkylation sites (N-methyl/N-ethyl adjacent to an activating group) is 1. The molecule has 0 heterocycles. The van der Waals surface area contributed by atoms with Gasteiger partial charge in [-0.25, -0.2) is 0 Å². The highest BCUT2D eigenvalue weighted by atomic mass is 16.5. The Morgan fingerprint density at radius 1 is 1.31 bits per heavy atom. The van der Waals surface area contributed by atoms with Gasteiger partial charge < -0.3 is 9.47 Å². The molecule has 0 amide bonds. The smallest absolute Gasteiger partial charge is 0.320 e. The molecule has 0 atom stereocenters. The Labute approximate surface area is 98.9 Å². The molecule has 0 aromatic heterocycles. The molecule has 16 heavy (non-hydrogen) atoms. The Hall–Kier alpha value is -0.610. The highest BCUT2D eigenvalue weighted by molar-refractivity contribution is 5.71. The summed E-state index contributed by atoms with van der Waals surface area (Å²) < 4.78 is 10.5. The van der Waals surface area contributed by atoms with E-state index in [2.05, 4.69) is 6.92 Å². The van der Waals surface area contributed by atoms with E-state index in [1.54, 1.807) is 0 Å². The molecular formula is C12H25NO3. The first-order valence-electron chi connectivity index (χ1n) is 6.02. The number of hydrogen-bond acceptors (Lipinski definition) is 4. The maximum atomic E-state index is 11.3. The van der Waals surface area contributed by atoms with Crippen molar-refractivity contribution in [3.05, 3.63) is 0 Å². The maximum absolute atomic E-state index is 11.3. The third-order valence-corrected chi connectivity index (χ3v) is 2.08. The van der Waals surface area contributed by atoms with Crippen molar-refractivity contribution in [2.24, 2.45) is 0 Å². The molecule has 0 saturated heterocycles. The standard InChI is InChI=1S/C12H25NO3/c1-5-6-8-16-12(14)10-13(4)7-9-15-11(2)3/h11H,5-10H2,1-4H3. The quantitative estimate of drug-likeness (QED) is 0.447. The first kappa shape index (κ1) is 15.4. The average molecular weight is 231 g/mol. The van der Waals surface area contributed by atoms with E-state index >= 15 is 0 Å². The molecule has 0 N–H and O–H groups in total. The Morgan fingerprint density at radius 3 is 2.56 bits per heavy atom. The first-order valence-corrected chi connectivity index (χ1v) is 6.02. The topological polar surface area (TPSA) is 38.8 Å². The number of esters is 1. The van der Waals surface area contributed by atoms with E-state index < -0.39 is 0 Å². The molecule has 0 aliphatic rings. The molecule has 4 heteroatoms. The van der Waals surface area contributed by atoms with Gasteiger partial charge >= 0.3 is 5.97 Å². The number of carbonyl (C=O) groups excluding carboxylic acids is 1. The minimum Gasteiger partial charge on any atom is -0.465 e. The van der Waals surface area contributed by atoms with Gasteiger partial charge in [-0.2, -0.15) is 0 Å². The second-order valence-electron chi connectivity index (χ2n) is 4.23. The summed E-state index contributed by atoms with van der Waals surface area (Å²) in [5.74, 6) is -0.152. The summed E-state index contributed by atoms with van der Waals surface area (Å²) in [5, 5.41) is 0. The number of rotatable bonds is 9. The highest BCUT2D eigenvalue weighted by Gasteiger charge is 2.07. The van der Waals surface area contributed by atoms with Crippen molar-refractivity contribution in [2.45, 2.75) is 39.7 Å². The van der Waals surface area contributed by atoms with Gasteiger partial charge in [0.1, 0.15) is 0 Å². The van der Waals surface area contributed by atoms with Crippen LogP contribution < -0.4 is 0 Å². The molecule has 0 bridgehead atoms. The van der Waals surface area contributed by atoms with Gasteiger partial charge in [-0.1, -0.05) is 13.3 Å². The van der Waals surface area contributed by atoms with Gasteiger partial charge in [0.2, 0.25) is 0 Å². The Morgan fingerprint density at radius 2 is 2.00 bits per heavy atom. The molecule has 0 radical (unpaired) electrons. The molecule has 96 valence electrons. The molecule has 0 saturated carbocycles. The van der Waals surface area contributed by atoms with Crippen molar-refractivity contribution >= 4 is 5.97 Å². The fourth-order valence-electron chi connectivity index (χ4n) is 1.12. The van der Waals surface area contributed by atoms with Gasteiger partial charge in [0.15, 0.2) is 0 Å². The van der Waals surface area contributed by atoms with Crippen molar-refractivity contribution in [1.29, 1.82) is 0 Å². The predicted octanol–water partition coefficient (Wildman–Crippen LogP) is 1.69. The molecule has 0 fully saturated rings. The SMILES string of the molecule is CCCCOC(=O)CN(C)CCOC(C)C. The highest BCUT2D eigenvalue weighted by Crippen LogP contribution is 1.92. The summed E-state index contributed by atoms with van der Waals surface area (Å²) in [6.07, 6.45) is 2.22. The van der Waals surface area contributed by atoms with Gasteiger partial charge in [-0.05, 0) is 27.3 Å². The first-order chi connectivity index (χ1) is 7.56. The summed E-state index contributed by atoms with van der Waals surface area (Å²) in [4.78, 5) is 13.2. The summed E-state index contributed by atoms with van der Waals surface area (Å²) in [6, 6.07) is 0. The van der Waals surface area contributed by atoms with Crippen LogP contribution in [0.1, 0.15) is 33.6 Å². The molecule has 0 rings (SSSR count). The van der Waals surface area contributed by atoms with Crippen LogP contribution in [0.25, 0.3) is 0 Å². The molecule has 0 aromatic carbocycles. The number of unbranched alkanes of at least 4 members (excludes halogenated alkanes) is 1. The summed E-state index contributed by atoms with van der Waals surface area (Å²) >= 11 is 0. The Bertz CT molecular complexity index is 183. The number of nitrogens with zero attached hydrogens (tertiary/aromatic N) is 1. The fourth-order valence-corrected chi connectivity index (χ4v) is 1.12. The third kappa shape index (κ3) is 9.93. The second-order valence-corrected chi connectivity index (χ2v) is 4.23. The van der Waals surface area contributed by atoms with Crippen LogP contribution in [0.15, 0.2) is 0 Å². The summed E-state index contributed by atoms with van der Waals surface area (Å²) in [5.41, 5.74) is 0. The number of ether oxygens (including phenoxy) is 2. The lowest BCUT2D eigenvalue weighted by Gasteiger charge is -2.16. The van der Waals surface area contributed by atoms with Crippen molar-refractivity contribution < 1.29 is 14.3 Å². The lowest BCUT2D eigenvalue weighted by atomic mass is 10.4.